The van der Waals surface area contributed by atoms with Crippen molar-refractivity contribution in [3.8, 4) is 28.7 Å². The van der Waals surface area contributed by atoms with Crippen LogP contribution in [0.5, 0.6) is 28.7 Å². The third-order valence-electron chi connectivity index (χ3n) is 9.19. The van der Waals surface area contributed by atoms with E-state index in [0.29, 0.717) is 16.7 Å². The molecule has 9 atom stereocenters. The summed E-state index contributed by atoms with van der Waals surface area (Å²) in [6.07, 6.45) is -12.6. The lowest BCUT2D eigenvalue weighted by atomic mass is 9.77. The van der Waals surface area contributed by atoms with Gasteiger partial charge in [-0.1, -0.05) is 30.3 Å². The van der Waals surface area contributed by atoms with Crippen molar-refractivity contribution in [1.82, 2.24) is 0 Å². The van der Waals surface area contributed by atoms with Crippen LogP contribution in [-0.2, 0) is 35.2 Å². The molecule has 0 radical (unpaired) electrons. The number of benzene rings is 3. The van der Waals surface area contributed by atoms with Gasteiger partial charge in [0.1, 0.15) is 59.9 Å². The second kappa shape index (κ2) is 14.6. The summed E-state index contributed by atoms with van der Waals surface area (Å²) in [6.45, 7) is -0.892. The number of fused-ring (bicyclic) bond motifs is 2. The topological polar surface area (TPSA) is 276 Å². The summed E-state index contributed by atoms with van der Waals surface area (Å²) >= 11 is 0. The fourth-order valence-electron chi connectivity index (χ4n) is 6.60. The molecule has 17 nitrogen and oxygen atoms in total. The van der Waals surface area contributed by atoms with Crippen molar-refractivity contribution in [2.45, 2.75) is 68.3 Å². The Balaban J connectivity index is 1.19. The molecule has 0 aliphatic carbocycles. The highest BCUT2D eigenvalue weighted by Gasteiger charge is 2.48. The second-order valence-corrected chi connectivity index (χ2v) is 12.6. The van der Waals surface area contributed by atoms with Crippen LogP contribution in [-0.4, -0.2) is 108 Å². The molecule has 3 aromatic carbocycles. The Kier molecular flexibility index (Phi) is 10.2. The molecule has 0 aromatic heterocycles. The van der Waals surface area contributed by atoms with E-state index >= 15 is 0 Å². The number of aliphatic carboxylic acids is 2. The second-order valence-electron chi connectivity index (χ2n) is 12.6. The van der Waals surface area contributed by atoms with Gasteiger partial charge in [0.15, 0.2) is 23.4 Å². The molecular weight excluding hydrogens is 692 g/mol. The highest BCUT2D eigenvalue weighted by atomic mass is 16.7. The molecule has 3 aromatic rings. The summed E-state index contributed by atoms with van der Waals surface area (Å²) in [6, 6.07) is 12.6. The lowest BCUT2D eigenvalue weighted by molar-refractivity contribution is -0.279. The van der Waals surface area contributed by atoms with E-state index in [1.807, 2.05) is 0 Å². The number of carbonyl (C=O) groups excluding carboxylic acids is 2. The number of aromatic hydroxyl groups is 3. The van der Waals surface area contributed by atoms with Crippen LogP contribution in [0.25, 0.3) is 0 Å². The SMILES string of the molecule is O=C(O)C[C@H](C(=O)OC[C@H]1O[C@@H](Oc2cc(O)c3c(c2)O[C@@H](c2ccc(O)c(O)c2)CC3=O)[C@H](O)[C@@H](O)[C@@H]1O)[C@H]1c2ccccc2CO[C@@H]1C(=O)O. The zero-order valence-corrected chi connectivity index (χ0v) is 27.0. The minimum Gasteiger partial charge on any atom is -0.507 e. The molecule has 3 aliphatic rings. The average Bonchev–Trinajstić information content (AvgIpc) is 3.10. The summed E-state index contributed by atoms with van der Waals surface area (Å²) in [5.74, 6) is -9.13. The maximum atomic E-state index is 13.5. The summed E-state index contributed by atoms with van der Waals surface area (Å²) < 4.78 is 28.1. The van der Waals surface area contributed by atoms with Gasteiger partial charge in [0.2, 0.25) is 6.29 Å². The summed E-state index contributed by atoms with van der Waals surface area (Å²) in [4.78, 5) is 50.4. The largest absolute Gasteiger partial charge is 0.507 e. The fourth-order valence-corrected chi connectivity index (χ4v) is 6.60. The molecule has 1 saturated heterocycles. The van der Waals surface area contributed by atoms with E-state index in [1.165, 1.54) is 24.3 Å². The maximum absolute atomic E-state index is 13.5. The number of phenolic OH excluding ortho intramolecular Hbond substituents is 3. The van der Waals surface area contributed by atoms with Gasteiger partial charge in [0, 0.05) is 18.1 Å². The van der Waals surface area contributed by atoms with Gasteiger partial charge in [0.05, 0.1) is 25.4 Å². The van der Waals surface area contributed by atoms with E-state index in [-0.39, 0.29) is 35.8 Å². The number of hydrogen-bond donors (Lipinski definition) is 8. The third-order valence-corrected chi connectivity index (χ3v) is 9.19. The van der Waals surface area contributed by atoms with E-state index in [9.17, 15) is 60.0 Å². The minimum atomic E-state index is -1.93. The zero-order chi connectivity index (χ0) is 37.4. The summed E-state index contributed by atoms with van der Waals surface area (Å²) in [7, 11) is 0. The standard InChI is InChI=1S/C35H34O17/c36-19-6-5-14(7-20(19)37)23-11-22(39)28-21(38)8-16(9-24(28)51-23)50-35-31(44)30(43)29(42)25(52-35)13-49-34(47)18(10-26(40)41)27-17-4-2-1-3-15(17)12-48-32(27)33(45)46/h1-9,18,23,25,27,29-32,35-38,42-44H,10-13H2,(H,40,41)(H,45,46)/t18-,23+,25+,27+,29+,30-,31+,32-,35+/m0/s1. The predicted molar refractivity (Wildman–Crippen MR) is 170 cm³/mol. The van der Waals surface area contributed by atoms with Crippen LogP contribution < -0.4 is 9.47 Å². The predicted octanol–water partition coefficient (Wildman–Crippen LogP) is 1.10. The van der Waals surface area contributed by atoms with E-state index in [0.717, 1.165) is 6.07 Å². The number of phenols is 3. The highest BCUT2D eigenvalue weighted by molar-refractivity contribution is 6.02. The maximum Gasteiger partial charge on any atom is 0.333 e. The number of ether oxygens (including phenoxy) is 5. The van der Waals surface area contributed by atoms with Crippen LogP contribution in [0.15, 0.2) is 54.6 Å². The van der Waals surface area contributed by atoms with Crippen LogP contribution in [0, 0.1) is 5.92 Å². The lowest BCUT2D eigenvalue weighted by Crippen LogP contribution is -2.60. The van der Waals surface area contributed by atoms with Gasteiger partial charge in [-0.25, -0.2) is 4.79 Å². The van der Waals surface area contributed by atoms with E-state index in [1.54, 1.807) is 24.3 Å². The van der Waals surface area contributed by atoms with Crippen molar-refractivity contribution in [2.24, 2.45) is 5.92 Å². The summed E-state index contributed by atoms with van der Waals surface area (Å²) in [5.41, 5.74) is 1.10. The number of Topliss-reactive ketones (excluding diaryl/α,β-unsaturated/α-hetero) is 1. The number of aliphatic hydroxyl groups excluding tert-OH is 3. The van der Waals surface area contributed by atoms with Crippen LogP contribution in [0.3, 0.4) is 0 Å². The number of carbonyl (C=O) groups is 4. The number of aliphatic hydroxyl groups is 3. The molecular formula is C35H34O17. The molecule has 0 saturated carbocycles. The summed E-state index contributed by atoms with van der Waals surface area (Å²) in [5, 5.41) is 81.7. The number of ketones is 1. The Morgan fingerprint density at radius 3 is 2.35 bits per heavy atom. The molecule has 3 heterocycles. The monoisotopic (exact) mass is 726 g/mol. The van der Waals surface area contributed by atoms with E-state index < -0.39 is 103 Å². The van der Waals surface area contributed by atoms with Crippen molar-refractivity contribution in [3.05, 3.63) is 76.9 Å². The molecule has 1 fully saturated rings. The smallest absolute Gasteiger partial charge is 0.333 e. The Bertz CT molecular complexity index is 1880. The van der Waals surface area contributed by atoms with Gasteiger partial charge in [-0.15, -0.1) is 0 Å². The van der Waals surface area contributed by atoms with Gasteiger partial charge >= 0.3 is 17.9 Å². The first-order valence-electron chi connectivity index (χ1n) is 16.0. The number of carboxylic acid groups (broad SMARTS) is 2. The zero-order valence-electron chi connectivity index (χ0n) is 27.0. The first-order chi connectivity index (χ1) is 24.7. The molecule has 276 valence electrons. The van der Waals surface area contributed by atoms with Gasteiger partial charge in [-0.2, -0.15) is 0 Å². The van der Waals surface area contributed by atoms with Crippen molar-refractivity contribution in [2.75, 3.05) is 6.61 Å². The fraction of sp³-hybridized carbons (Fsp3) is 0.371. The van der Waals surface area contributed by atoms with Crippen molar-refractivity contribution in [3.63, 3.8) is 0 Å². The Morgan fingerprint density at radius 2 is 1.63 bits per heavy atom. The van der Waals surface area contributed by atoms with Gasteiger partial charge < -0.3 is 64.5 Å². The van der Waals surface area contributed by atoms with Crippen molar-refractivity contribution >= 4 is 23.7 Å². The molecule has 0 unspecified atom stereocenters. The lowest BCUT2D eigenvalue weighted by Gasteiger charge is -2.40. The molecule has 8 N–H and O–H groups in total. The Morgan fingerprint density at radius 1 is 0.885 bits per heavy atom. The quantitative estimate of drug-likeness (QED) is 0.107. The van der Waals surface area contributed by atoms with Gasteiger partial charge in [-0.3, -0.25) is 14.4 Å². The highest BCUT2D eigenvalue weighted by Crippen LogP contribution is 2.44. The molecule has 0 spiro atoms. The van der Waals surface area contributed by atoms with Crippen LogP contribution in [0.1, 0.15) is 51.9 Å². The molecule has 52 heavy (non-hydrogen) atoms. The minimum absolute atomic E-state index is 0.0871. The third kappa shape index (κ3) is 7.17. The van der Waals surface area contributed by atoms with Crippen LogP contribution in [0.4, 0.5) is 0 Å². The number of carboxylic acids is 2. The Labute approximate surface area is 293 Å². The molecule has 17 heteroatoms. The normalized spacial score (nSPS) is 27.3. The first-order valence-corrected chi connectivity index (χ1v) is 16.0. The Hall–Kier alpha value is -5.46. The average molecular weight is 727 g/mol. The molecule has 0 bridgehead atoms. The van der Waals surface area contributed by atoms with E-state index in [2.05, 4.69) is 0 Å². The molecule has 3 aliphatic heterocycles. The number of rotatable bonds is 10. The van der Waals surface area contributed by atoms with Gasteiger partial charge in [-0.05, 0) is 28.8 Å². The van der Waals surface area contributed by atoms with Crippen LogP contribution >= 0.6 is 0 Å². The van der Waals surface area contributed by atoms with Crippen molar-refractivity contribution < 1.29 is 83.7 Å². The number of esters is 1. The van der Waals surface area contributed by atoms with E-state index in [4.69, 9.17) is 23.7 Å². The molecule has 6 rings (SSSR count). The van der Waals surface area contributed by atoms with Gasteiger partial charge in [0.25, 0.3) is 0 Å². The first kappa shape index (κ1) is 36.3. The van der Waals surface area contributed by atoms with Crippen molar-refractivity contribution in [1.29, 1.82) is 0 Å². The molecule has 0 amide bonds. The number of hydrogen-bond acceptors (Lipinski definition) is 15. The van der Waals surface area contributed by atoms with Crippen LogP contribution in [0.2, 0.25) is 0 Å².